The molecule has 0 radical (unpaired) electrons. The van der Waals surface area contributed by atoms with Crippen LogP contribution in [0.15, 0.2) is 48.7 Å². The Morgan fingerprint density at radius 1 is 1.15 bits per heavy atom. The Labute approximate surface area is 197 Å². The van der Waals surface area contributed by atoms with Gasteiger partial charge in [-0.15, -0.1) is 0 Å². The van der Waals surface area contributed by atoms with Gasteiger partial charge < -0.3 is 20.3 Å². The summed E-state index contributed by atoms with van der Waals surface area (Å²) in [5.41, 5.74) is 3.63. The number of carbonyl (C=O) groups is 1. The van der Waals surface area contributed by atoms with Crippen molar-refractivity contribution in [3.63, 3.8) is 0 Å². The quantitative estimate of drug-likeness (QED) is 0.496. The fourth-order valence-electron chi connectivity index (χ4n) is 3.68. The van der Waals surface area contributed by atoms with Crippen molar-refractivity contribution >= 4 is 46.3 Å². The Bertz CT molecular complexity index is 1190. The average molecular weight is 463 g/mol. The molecule has 33 heavy (non-hydrogen) atoms. The molecule has 0 atom stereocenters. The van der Waals surface area contributed by atoms with Crippen LogP contribution in [-0.2, 0) is 11.2 Å². The third-order valence-corrected chi connectivity index (χ3v) is 5.53. The van der Waals surface area contributed by atoms with Gasteiger partial charge in [-0.25, -0.2) is 4.98 Å². The number of hydrogen-bond acceptors (Lipinski definition) is 7. The van der Waals surface area contributed by atoms with E-state index in [1.165, 1.54) is 6.20 Å². The van der Waals surface area contributed by atoms with E-state index >= 15 is 0 Å². The minimum absolute atomic E-state index is 0.00753. The molecule has 1 amide bonds. The molecule has 2 N–H and O–H groups in total. The second kappa shape index (κ2) is 10.2. The molecule has 8 nitrogen and oxygen atoms in total. The Kier molecular flexibility index (Phi) is 6.91. The lowest BCUT2D eigenvalue weighted by Gasteiger charge is -2.22. The maximum atomic E-state index is 12.4. The number of nitriles is 1. The summed E-state index contributed by atoms with van der Waals surface area (Å²) < 4.78 is 5.26. The first-order valence-electron chi connectivity index (χ1n) is 10.7. The standard InChI is InChI=1S/C24H23ClN6O2/c1-2-31-21-14-18(7-6-16(21)4-3-5-22(31)32)29-24-27-15-20(25)23(30-24)28-17-8-10-19(11-9-17)33-13-12-26/h6-11,14-15H,2-5,13H2,1H3,(H2,27,28,29,30). The fraction of sp³-hybridized carbons (Fsp3) is 0.250. The SMILES string of the molecule is CCN1C(=O)CCCc2ccc(Nc3ncc(Cl)c(Nc4ccc(OCC#N)cc4)n3)cc21. The number of ether oxygens (including phenoxy) is 1. The van der Waals surface area contributed by atoms with Crippen LogP contribution in [-0.4, -0.2) is 29.0 Å². The van der Waals surface area contributed by atoms with E-state index in [1.54, 1.807) is 24.3 Å². The number of hydrogen-bond donors (Lipinski definition) is 2. The lowest BCUT2D eigenvalue weighted by Crippen LogP contribution is -2.29. The molecule has 0 bridgehead atoms. The van der Waals surface area contributed by atoms with Gasteiger partial charge in [0.05, 0.1) is 6.20 Å². The van der Waals surface area contributed by atoms with Crippen LogP contribution in [0.4, 0.5) is 28.8 Å². The van der Waals surface area contributed by atoms with Gasteiger partial charge >= 0.3 is 0 Å². The summed E-state index contributed by atoms with van der Waals surface area (Å²) in [5, 5.41) is 15.4. The van der Waals surface area contributed by atoms with Crippen LogP contribution in [0.1, 0.15) is 25.3 Å². The summed E-state index contributed by atoms with van der Waals surface area (Å²) in [4.78, 5) is 23.1. The number of aryl methyl sites for hydroxylation is 1. The predicted molar refractivity (Wildman–Crippen MR) is 129 cm³/mol. The molecule has 0 fully saturated rings. The Hall–Kier alpha value is -3.83. The van der Waals surface area contributed by atoms with E-state index in [1.807, 2.05) is 36.1 Å². The first kappa shape index (κ1) is 22.4. The van der Waals surface area contributed by atoms with Crippen molar-refractivity contribution in [3.05, 3.63) is 59.2 Å². The molecule has 9 heteroatoms. The minimum atomic E-state index is -0.00753. The molecule has 0 aliphatic carbocycles. The number of anilines is 5. The maximum Gasteiger partial charge on any atom is 0.229 e. The lowest BCUT2D eigenvalue weighted by molar-refractivity contribution is -0.118. The third kappa shape index (κ3) is 5.33. The van der Waals surface area contributed by atoms with Crippen LogP contribution in [0.3, 0.4) is 0 Å². The zero-order chi connectivity index (χ0) is 23.2. The van der Waals surface area contributed by atoms with Crippen LogP contribution in [0.5, 0.6) is 5.75 Å². The number of carbonyl (C=O) groups excluding carboxylic acids is 1. The van der Waals surface area contributed by atoms with Crippen molar-refractivity contribution in [3.8, 4) is 11.8 Å². The van der Waals surface area contributed by atoms with E-state index < -0.39 is 0 Å². The predicted octanol–water partition coefficient (Wildman–Crippen LogP) is 5.21. The normalized spacial score (nSPS) is 13.0. The highest BCUT2D eigenvalue weighted by atomic mass is 35.5. The van der Waals surface area contributed by atoms with Gasteiger partial charge in [-0.05, 0) is 61.7 Å². The van der Waals surface area contributed by atoms with Crippen LogP contribution in [0.2, 0.25) is 5.02 Å². The van der Waals surface area contributed by atoms with Gasteiger partial charge in [0.25, 0.3) is 0 Å². The van der Waals surface area contributed by atoms with E-state index in [4.69, 9.17) is 21.6 Å². The molecular weight excluding hydrogens is 440 g/mol. The average Bonchev–Trinajstić information content (AvgIpc) is 2.98. The zero-order valence-corrected chi connectivity index (χ0v) is 18.9. The van der Waals surface area contributed by atoms with Gasteiger partial charge in [0.2, 0.25) is 11.9 Å². The number of nitrogens with zero attached hydrogens (tertiary/aromatic N) is 4. The van der Waals surface area contributed by atoms with Gasteiger partial charge in [-0.3, -0.25) is 4.79 Å². The number of benzene rings is 2. The maximum absolute atomic E-state index is 12.4. The van der Waals surface area contributed by atoms with E-state index in [0.29, 0.717) is 35.5 Å². The number of amides is 1. The highest BCUT2D eigenvalue weighted by molar-refractivity contribution is 6.32. The molecular formula is C24H23ClN6O2. The molecule has 168 valence electrons. The Morgan fingerprint density at radius 3 is 2.70 bits per heavy atom. The topological polar surface area (TPSA) is 103 Å². The first-order valence-corrected chi connectivity index (χ1v) is 11.0. The smallest absolute Gasteiger partial charge is 0.229 e. The van der Waals surface area contributed by atoms with E-state index in [0.717, 1.165) is 35.5 Å². The highest BCUT2D eigenvalue weighted by Gasteiger charge is 2.21. The summed E-state index contributed by atoms with van der Waals surface area (Å²) >= 11 is 6.30. The second-order valence-electron chi connectivity index (χ2n) is 7.45. The van der Waals surface area contributed by atoms with Crippen molar-refractivity contribution in [2.24, 2.45) is 0 Å². The molecule has 1 aromatic heterocycles. The molecule has 4 rings (SSSR count). The molecule has 0 saturated heterocycles. The molecule has 2 heterocycles. The number of fused-ring (bicyclic) bond motifs is 1. The summed E-state index contributed by atoms with van der Waals surface area (Å²) in [6, 6.07) is 15.0. The molecule has 0 saturated carbocycles. The highest BCUT2D eigenvalue weighted by Crippen LogP contribution is 2.31. The van der Waals surface area contributed by atoms with Gasteiger partial charge in [0, 0.05) is 30.0 Å². The molecule has 1 aliphatic heterocycles. The minimum Gasteiger partial charge on any atom is -0.479 e. The van der Waals surface area contributed by atoms with Crippen molar-refractivity contribution in [1.29, 1.82) is 5.26 Å². The van der Waals surface area contributed by atoms with Crippen molar-refractivity contribution in [2.45, 2.75) is 26.2 Å². The second-order valence-corrected chi connectivity index (χ2v) is 7.85. The van der Waals surface area contributed by atoms with Gasteiger partial charge in [0.15, 0.2) is 12.4 Å². The number of nitrogens with one attached hydrogen (secondary N) is 2. The zero-order valence-electron chi connectivity index (χ0n) is 18.1. The Balaban J connectivity index is 1.53. The first-order chi connectivity index (χ1) is 16.1. The summed E-state index contributed by atoms with van der Waals surface area (Å²) in [5.74, 6) is 1.56. The molecule has 1 aliphatic rings. The van der Waals surface area contributed by atoms with Gasteiger partial charge in [-0.2, -0.15) is 10.2 Å². The van der Waals surface area contributed by atoms with E-state index in [2.05, 4.69) is 20.6 Å². The third-order valence-electron chi connectivity index (χ3n) is 5.25. The number of halogens is 1. The summed E-state index contributed by atoms with van der Waals surface area (Å²) in [7, 11) is 0. The number of rotatable bonds is 7. The van der Waals surface area contributed by atoms with Crippen molar-refractivity contribution in [1.82, 2.24) is 9.97 Å². The van der Waals surface area contributed by atoms with Gasteiger partial charge in [-0.1, -0.05) is 17.7 Å². The monoisotopic (exact) mass is 462 g/mol. The molecule has 0 unspecified atom stereocenters. The van der Waals surface area contributed by atoms with Crippen LogP contribution >= 0.6 is 11.6 Å². The molecule has 0 spiro atoms. The molecule has 3 aromatic rings. The van der Waals surface area contributed by atoms with Crippen molar-refractivity contribution < 1.29 is 9.53 Å². The molecule has 2 aromatic carbocycles. The van der Waals surface area contributed by atoms with Crippen LogP contribution in [0.25, 0.3) is 0 Å². The summed E-state index contributed by atoms with van der Waals surface area (Å²) in [6.45, 7) is 2.60. The van der Waals surface area contributed by atoms with Crippen LogP contribution < -0.4 is 20.3 Å². The largest absolute Gasteiger partial charge is 0.479 e. The van der Waals surface area contributed by atoms with E-state index in [-0.39, 0.29) is 12.5 Å². The number of aromatic nitrogens is 2. The fourth-order valence-corrected chi connectivity index (χ4v) is 3.82. The van der Waals surface area contributed by atoms with Crippen molar-refractivity contribution in [2.75, 3.05) is 28.7 Å². The van der Waals surface area contributed by atoms with E-state index in [9.17, 15) is 4.79 Å². The Morgan fingerprint density at radius 2 is 1.94 bits per heavy atom. The summed E-state index contributed by atoms with van der Waals surface area (Å²) in [6.07, 6.45) is 3.82. The van der Waals surface area contributed by atoms with Gasteiger partial charge in [0.1, 0.15) is 16.8 Å². The lowest BCUT2D eigenvalue weighted by atomic mass is 10.1. The van der Waals surface area contributed by atoms with Crippen LogP contribution in [0, 0.1) is 11.3 Å².